The number of terminal acetylenes is 1. The lowest BCUT2D eigenvalue weighted by molar-refractivity contribution is -0.146. The number of carboxylic acid groups (broad SMARTS) is 1. The molecular formula is C13H14N2O4. The van der Waals surface area contributed by atoms with Crippen LogP contribution in [0.1, 0.15) is 12.0 Å². The molecule has 19 heavy (non-hydrogen) atoms. The zero-order valence-corrected chi connectivity index (χ0v) is 10.1. The van der Waals surface area contributed by atoms with Crippen LogP contribution in [0.15, 0.2) is 24.3 Å². The van der Waals surface area contributed by atoms with E-state index in [0.717, 1.165) is 0 Å². The van der Waals surface area contributed by atoms with Crippen LogP contribution in [0.25, 0.3) is 0 Å². The second kappa shape index (κ2) is 7.03. The molecule has 0 aliphatic rings. The van der Waals surface area contributed by atoms with Gasteiger partial charge in [-0.05, 0) is 18.2 Å². The van der Waals surface area contributed by atoms with E-state index >= 15 is 0 Å². The van der Waals surface area contributed by atoms with E-state index in [0.29, 0.717) is 11.3 Å². The molecule has 0 saturated heterocycles. The van der Waals surface area contributed by atoms with Crippen LogP contribution in [0.3, 0.4) is 0 Å². The molecule has 0 radical (unpaired) electrons. The third kappa shape index (κ3) is 5.10. The number of urea groups is 1. The van der Waals surface area contributed by atoms with E-state index in [4.69, 9.17) is 16.6 Å². The van der Waals surface area contributed by atoms with Crippen molar-refractivity contribution in [1.82, 2.24) is 5.32 Å². The molecule has 0 bridgehead atoms. The molecule has 1 atom stereocenters. The van der Waals surface area contributed by atoms with E-state index in [1.807, 2.05) is 0 Å². The highest BCUT2D eigenvalue weighted by Crippen LogP contribution is 2.09. The molecule has 2 amide bonds. The van der Waals surface area contributed by atoms with Crippen molar-refractivity contribution in [2.24, 2.45) is 0 Å². The Labute approximate surface area is 110 Å². The molecule has 0 saturated carbocycles. The number of hydrogen-bond acceptors (Lipinski definition) is 3. The van der Waals surface area contributed by atoms with Crippen LogP contribution in [0.2, 0.25) is 0 Å². The van der Waals surface area contributed by atoms with Crippen LogP contribution < -0.4 is 10.6 Å². The maximum absolute atomic E-state index is 11.5. The Bertz CT molecular complexity index is 508. The van der Waals surface area contributed by atoms with Gasteiger partial charge in [-0.15, -0.1) is 6.42 Å². The second-order valence-corrected chi connectivity index (χ2v) is 3.75. The van der Waals surface area contributed by atoms with E-state index in [-0.39, 0.29) is 13.0 Å². The molecule has 6 heteroatoms. The van der Waals surface area contributed by atoms with Gasteiger partial charge in [0.1, 0.15) is 0 Å². The second-order valence-electron chi connectivity index (χ2n) is 3.75. The minimum Gasteiger partial charge on any atom is -0.479 e. The van der Waals surface area contributed by atoms with Crippen molar-refractivity contribution in [3.05, 3.63) is 29.8 Å². The van der Waals surface area contributed by atoms with Gasteiger partial charge in [-0.3, -0.25) is 0 Å². The van der Waals surface area contributed by atoms with E-state index in [1.54, 1.807) is 24.3 Å². The summed E-state index contributed by atoms with van der Waals surface area (Å²) >= 11 is 0. The van der Waals surface area contributed by atoms with Gasteiger partial charge in [0, 0.05) is 24.2 Å². The number of aliphatic hydroxyl groups excluding tert-OH is 1. The first-order chi connectivity index (χ1) is 9.02. The molecule has 0 aliphatic heterocycles. The first-order valence-electron chi connectivity index (χ1n) is 5.55. The van der Waals surface area contributed by atoms with Crippen molar-refractivity contribution >= 4 is 17.7 Å². The topological polar surface area (TPSA) is 98.7 Å². The fraction of sp³-hybridized carbons (Fsp3) is 0.231. The molecule has 0 aliphatic carbocycles. The number of anilines is 1. The molecule has 0 aromatic heterocycles. The molecule has 1 aromatic carbocycles. The Morgan fingerprint density at radius 2 is 2.16 bits per heavy atom. The van der Waals surface area contributed by atoms with Crippen LogP contribution in [0.5, 0.6) is 0 Å². The highest BCUT2D eigenvalue weighted by molar-refractivity contribution is 5.89. The average molecular weight is 262 g/mol. The largest absolute Gasteiger partial charge is 0.479 e. The number of aliphatic carboxylic acids is 1. The van der Waals surface area contributed by atoms with E-state index < -0.39 is 18.1 Å². The fourth-order valence-corrected chi connectivity index (χ4v) is 1.31. The van der Waals surface area contributed by atoms with Crippen LogP contribution in [-0.4, -0.2) is 34.9 Å². The minimum absolute atomic E-state index is 0.0497. The number of carboxylic acids is 1. The third-order valence-electron chi connectivity index (χ3n) is 2.28. The molecule has 1 rings (SSSR count). The minimum atomic E-state index is -1.48. The molecule has 100 valence electrons. The molecule has 4 N–H and O–H groups in total. The lowest BCUT2D eigenvalue weighted by atomic mass is 10.2. The van der Waals surface area contributed by atoms with Crippen molar-refractivity contribution < 1.29 is 19.8 Å². The molecule has 0 fully saturated rings. The standard InChI is InChI=1S/C13H14N2O4/c1-2-9-4-3-5-10(8-9)15-13(19)14-7-6-11(16)12(17)18/h1,3-5,8,11,16H,6-7H2,(H,17,18)(H2,14,15,19)/t11-/m0/s1. The summed E-state index contributed by atoms with van der Waals surface area (Å²) in [6.45, 7) is 0.0497. The predicted octanol–water partition coefficient (Wildman–Crippen LogP) is 0.625. The van der Waals surface area contributed by atoms with Gasteiger partial charge in [0.2, 0.25) is 0 Å². The molecule has 0 unspecified atom stereocenters. The van der Waals surface area contributed by atoms with Crippen molar-refractivity contribution in [3.8, 4) is 12.3 Å². The Morgan fingerprint density at radius 1 is 1.42 bits per heavy atom. The summed E-state index contributed by atoms with van der Waals surface area (Å²) in [6, 6.07) is 6.25. The summed E-state index contributed by atoms with van der Waals surface area (Å²) in [5, 5.41) is 22.4. The van der Waals surface area contributed by atoms with Gasteiger partial charge in [0.25, 0.3) is 0 Å². The van der Waals surface area contributed by atoms with Gasteiger partial charge in [-0.1, -0.05) is 12.0 Å². The first kappa shape index (κ1) is 14.5. The normalized spacial score (nSPS) is 11.2. The molecule has 0 spiro atoms. The summed E-state index contributed by atoms with van der Waals surface area (Å²) in [7, 11) is 0. The molecule has 1 aromatic rings. The molecule has 0 heterocycles. The number of carbonyl (C=O) groups is 2. The Morgan fingerprint density at radius 3 is 2.79 bits per heavy atom. The number of nitrogens with one attached hydrogen (secondary N) is 2. The fourth-order valence-electron chi connectivity index (χ4n) is 1.31. The highest BCUT2D eigenvalue weighted by atomic mass is 16.4. The maximum Gasteiger partial charge on any atom is 0.332 e. The lowest BCUT2D eigenvalue weighted by Gasteiger charge is -2.09. The first-order valence-corrected chi connectivity index (χ1v) is 5.55. The molecular weight excluding hydrogens is 248 g/mol. The average Bonchev–Trinajstić information content (AvgIpc) is 2.38. The van der Waals surface area contributed by atoms with E-state index in [1.165, 1.54) is 0 Å². The van der Waals surface area contributed by atoms with Gasteiger partial charge in [-0.2, -0.15) is 0 Å². The number of hydrogen-bond donors (Lipinski definition) is 4. The summed E-state index contributed by atoms with van der Waals surface area (Å²) < 4.78 is 0. The monoisotopic (exact) mass is 262 g/mol. The Hall–Kier alpha value is -2.52. The summed E-state index contributed by atoms with van der Waals surface area (Å²) in [5.74, 6) is 1.13. The lowest BCUT2D eigenvalue weighted by Crippen LogP contribution is -2.33. The predicted molar refractivity (Wildman–Crippen MR) is 69.7 cm³/mol. The van der Waals surface area contributed by atoms with Crippen LogP contribution in [0.4, 0.5) is 10.5 Å². The van der Waals surface area contributed by atoms with Crippen LogP contribution in [-0.2, 0) is 4.79 Å². The van der Waals surface area contributed by atoms with Gasteiger partial charge in [0.05, 0.1) is 0 Å². The molecule has 6 nitrogen and oxygen atoms in total. The SMILES string of the molecule is C#Cc1cccc(NC(=O)NCC[C@H](O)C(=O)O)c1. The van der Waals surface area contributed by atoms with Crippen LogP contribution in [0, 0.1) is 12.3 Å². The number of amides is 2. The highest BCUT2D eigenvalue weighted by Gasteiger charge is 2.12. The van der Waals surface area contributed by atoms with E-state index in [2.05, 4.69) is 16.6 Å². The quantitative estimate of drug-likeness (QED) is 0.585. The van der Waals surface area contributed by atoms with Crippen molar-refractivity contribution in [3.63, 3.8) is 0 Å². The zero-order chi connectivity index (χ0) is 14.3. The number of benzene rings is 1. The van der Waals surface area contributed by atoms with E-state index in [9.17, 15) is 9.59 Å². The van der Waals surface area contributed by atoms with Crippen molar-refractivity contribution in [1.29, 1.82) is 0 Å². The zero-order valence-electron chi connectivity index (χ0n) is 10.1. The van der Waals surface area contributed by atoms with Crippen LogP contribution >= 0.6 is 0 Å². The summed E-state index contributed by atoms with van der Waals surface area (Å²) in [4.78, 5) is 21.8. The summed E-state index contributed by atoms with van der Waals surface area (Å²) in [6.07, 6.45) is 3.69. The number of carbonyl (C=O) groups excluding carboxylic acids is 1. The van der Waals surface area contributed by atoms with Gasteiger partial charge in [0.15, 0.2) is 6.10 Å². The van der Waals surface area contributed by atoms with Crippen molar-refractivity contribution in [2.45, 2.75) is 12.5 Å². The number of aliphatic hydroxyl groups is 1. The number of rotatable bonds is 5. The van der Waals surface area contributed by atoms with Gasteiger partial charge < -0.3 is 20.8 Å². The smallest absolute Gasteiger partial charge is 0.332 e. The maximum atomic E-state index is 11.5. The van der Waals surface area contributed by atoms with Crippen molar-refractivity contribution in [2.75, 3.05) is 11.9 Å². The Balaban J connectivity index is 2.39. The Kier molecular flexibility index (Phi) is 5.38. The van der Waals surface area contributed by atoms with Gasteiger partial charge >= 0.3 is 12.0 Å². The van der Waals surface area contributed by atoms with Gasteiger partial charge in [-0.25, -0.2) is 9.59 Å². The summed E-state index contributed by atoms with van der Waals surface area (Å²) in [5.41, 5.74) is 1.17. The third-order valence-corrected chi connectivity index (χ3v) is 2.28.